The lowest BCUT2D eigenvalue weighted by molar-refractivity contribution is -0.114. The van der Waals surface area contributed by atoms with Crippen molar-refractivity contribution >= 4 is 57.7 Å². The number of aromatic nitrogens is 1. The number of carbonyl (C=O) groups is 3. The third-order valence-corrected chi connectivity index (χ3v) is 8.08. The molecule has 0 radical (unpaired) electrons. The standard InChI is InChI=1S/C34H27FN4O4S2/c1-43-26-16-14-22(15-17-26)30-20-45-34(38-30)39-31(40)21-44-27-12-7-11-25(19-27)36-33(42)29(18-24-10-5-6-13-28(24)35)37-32(41)23-8-3-2-4-9-23/h2-20H,21H2,1H3,(H,36,42)(H,37,41)(H,38,39,40)/b29-18-. The highest BCUT2D eigenvalue weighted by atomic mass is 32.2. The Balaban J connectivity index is 1.22. The molecule has 1 heterocycles. The summed E-state index contributed by atoms with van der Waals surface area (Å²) in [6.07, 6.45) is 1.28. The molecule has 4 aromatic carbocycles. The second-order valence-electron chi connectivity index (χ2n) is 9.48. The van der Waals surface area contributed by atoms with Gasteiger partial charge in [-0.05, 0) is 66.7 Å². The van der Waals surface area contributed by atoms with Crippen LogP contribution in [0.2, 0.25) is 0 Å². The summed E-state index contributed by atoms with van der Waals surface area (Å²) in [5.41, 5.74) is 2.44. The van der Waals surface area contributed by atoms with Gasteiger partial charge in [0.15, 0.2) is 5.13 Å². The van der Waals surface area contributed by atoms with Gasteiger partial charge in [-0.1, -0.05) is 42.5 Å². The molecular formula is C34H27FN4O4S2. The summed E-state index contributed by atoms with van der Waals surface area (Å²) in [5, 5.41) is 10.5. The largest absolute Gasteiger partial charge is 0.497 e. The number of nitrogens with zero attached hydrogens (tertiary/aromatic N) is 1. The molecule has 0 unspecified atom stereocenters. The van der Waals surface area contributed by atoms with Crippen molar-refractivity contribution in [2.45, 2.75) is 4.90 Å². The quantitative estimate of drug-likeness (QED) is 0.105. The van der Waals surface area contributed by atoms with Crippen molar-refractivity contribution in [3.63, 3.8) is 0 Å². The number of rotatable bonds is 11. The van der Waals surface area contributed by atoms with Crippen molar-refractivity contribution in [1.82, 2.24) is 10.3 Å². The molecule has 0 bridgehead atoms. The number of methoxy groups -OCH3 is 1. The fraction of sp³-hybridized carbons (Fsp3) is 0.0588. The molecule has 5 aromatic rings. The van der Waals surface area contributed by atoms with Gasteiger partial charge in [0.05, 0.1) is 18.6 Å². The van der Waals surface area contributed by atoms with Gasteiger partial charge in [0, 0.05) is 32.7 Å². The van der Waals surface area contributed by atoms with Crippen LogP contribution in [-0.2, 0) is 9.59 Å². The second-order valence-corrected chi connectivity index (χ2v) is 11.4. The van der Waals surface area contributed by atoms with Gasteiger partial charge in [0.1, 0.15) is 17.3 Å². The lowest BCUT2D eigenvalue weighted by Crippen LogP contribution is -2.30. The van der Waals surface area contributed by atoms with Gasteiger partial charge in [0.25, 0.3) is 11.8 Å². The van der Waals surface area contributed by atoms with Crippen molar-refractivity contribution in [2.24, 2.45) is 0 Å². The SMILES string of the molecule is COc1ccc(-c2csc(NC(=O)CSc3cccc(NC(=O)/C(=C/c4ccccc4F)NC(=O)c4ccccc4)c3)n2)cc1. The van der Waals surface area contributed by atoms with Crippen LogP contribution >= 0.6 is 23.1 Å². The number of benzene rings is 4. The third-order valence-electron chi connectivity index (χ3n) is 6.33. The number of nitrogens with one attached hydrogen (secondary N) is 3. The van der Waals surface area contributed by atoms with E-state index in [1.54, 1.807) is 61.7 Å². The highest BCUT2D eigenvalue weighted by Gasteiger charge is 2.16. The predicted octanol–water partition coefficient (Wildman–Crippen LogP) is 7.10. The minimum absolute atomic E-state index is 0.112. The van der Waals surface area contributed by atoms with Gasteiger partial charge >= 0.3 is 0 Å². The summed E-state index contributed by atoms with van der Waals surface area (Å²) >= 11 is 2.61. The number of carbonyl (C=O) groups excluding carboxylic acids is 3. The maximum absolute atomic E-state index is 14.4. The van der Waals surface area contributed by atoms with Crippen LogP contribution in [0, 0.1) is 5.82 Å². The molecule has 0 aliphatic heterocycles. The van der Waals surface area contributed by atoms with Crippen molar-refractivity contribution in [2.75, 3.05) is 23.5 Å². The van der Waals surface area contributed by atoms with Crippen molar-refractivity contribution in [3.8, 4) is 17.0 Å². The maximum atomic E-state index is 14.4. The Kier molecular flexibility index (Phi) is 10.4. The smallest absolute Gasteiger partial charge is 0.272 e. The number of hydrogen-bond acceptors (Lipinski definition) is 7. The van der Waals surface area contributed by atoms with E-state index in [4.69, 9.17) is 4.74 Å². The third kappa shape index (κ3) is 8.65. The molecule has 0 saturated carbocycles. The molecule has 226 valence electrons. The fourth-order valence-electron chi connectivity index (χ4n) is 4.08. The molecular weight excluding hydrogens is 612 g/mol. The van der Waals surface area contributed by atoms with Crippen LogP contribution in [0.25, 0.3) is 17.3 Å². The predicted molar refractivity (Wildman–Crippen MR) is 177 cm³/mol. The molecule has 11 heteroatoms. The highest BCUT2D eigenvalue weighted by Crippen LogP contribution is 2.27. The Hall–Kier alpha value is -5.26. The number of amides is 3. The van der Waals surface area contributed by atoms with Crippen LogP contribution in [0.1, 0.15) is 15.9 Å². The summed E-state index contributed by atoms with van der Waals surface area (Å²) in [7, 11) is 1.61. The first kappa shape index (κ1) is 31.2. The van der Waals surface area contributed by atoms with Crippen LogP contribution in [-0.4, -0.2) is 35.6 Å². The van der Waals surface area contributed by atoms with Crippen molar-refractivity contribution in [1.29, 1.82) is 0 Å². The van der Waals surface area contributed by atoms with Crippen LogP contribution in [0.5, 0.6) is 5.75 Å². The van der Waals surface area contributed by atoms with Crippen LogP contribution in [0.4, 0.5) is 15.2 Å². The summed E-state index contributed by atoms with van der Waals surface area (Å²) < 4.78 is 19.6. The van der Waals surface area contributed by atoms with E-state index in [1.807, 2.05) is 35.7 Å². The molecule has 8 nitrogen and oxygen atoms in total. The molecule has 0 aliphatic rings. The number of anilines is 2. The molecule has 3 N–H and O–H groups in total. The number of ether oxygens (including phenoxy) is 1. The number of thioether (sulfide) groups is 1. The van der Waals surface area contributed by atoms with E-state index in [0.29, 0.717) is 16.4 Å². The maximum Gasteiger partial charge on any atom is 0.272 e. The fourth-order valence-corrected chi connectivity index (χ4v) is 5.57. The molecule has 3 amide bonds. The van der Waals surface area contributed by atoms with Gasteiger partial charge in [-0.25, -0.2) is 9.37 Å². The zero-order valence-corrected chi connectivity index (χ0v) is 25.6. The molecule has 0 atom stereocenters. The van der Waals surface area contributed by atoms with E-state index < -0.39 is 17.6 Å². The zero-order chi connectivity index (χ0) is 31.6. The zero-order valence-electron chi connectivity index (χ0n) is 24.0. The lowest BCUT2D eigenvalue weighted by Gasteiger charge is -2.12. The van der Waals surface area contributed by atoms with Gasteiger partial charge in [-0.3, -0.25) is 14.4 Å². The van der Waals surface area contributed by atoms with Crippen molar-refractivity contribution in [3.05, 3.63) is 131 Å². The monoisotopic (exact) mass is 638 g/mol. The average Bonchev–Trinajstić information content (AvgIpc) is 3.53. The topological polar surface area (TPSA) is 109 Å². The first-order valence-corrected chi connectivity index (χ1v) is 15.5. The van der Waals surface area contributed by atoms with Crippen LogP contribution in [0.3, 0.4) is 0 Å². The van der Waals surface area contributed by atoms with E-state index in [2.05, 4.69) is 20.9 Å². The Morgan fingerprint density at radius 1 is 0.911 bits per heavy atom. The van der Waals surface area contributed by atoms with Gasteiger partial charge in [0.2, 0.25) is 5.91 Å². The number of thiazole rings is 1. The molecule has 0 spiro atoms. The van der Waals surface area contributed by atoms with Crippen LogP contribution < -0.4 is 20.7 Å². The first-order valence-electron chi connectivity index (χ1n) is 13.6. The Morgan fingerprint density at radius 3 is 2.42 bits per heavy atom. The number of halogens is 1. The molecule has 1 aromatic heterocycles. The summed E-state index contributed by atoms with van der Waals surface area (Å²) in [5.74, 6) is -1.07. The minimum atomic E-state index is -0.640. The number of hydrogen-bond donors (Lipinski definition) is 3. The van der Waals surface area contributed by atoms with Crippen molar-refractivity contribution < 1.29 is 23.5 Å². The first-order chi connectivity index (χ1) is 21.9. The van der Waals surface area contributed by atoms with Gasteiger partial charge in [-0.15, -0.1) is 23.1 Å². The van der Waals surface area contributed by atoms with E-state index in [-0.39, 0.29) is 22.9 Å². The Bertz CT molecular complexity index is 1840. The Labute approximate surface area is 267 Å². The normalized spacial score (nSPS) is 11.0. The Morgan fingerprint density at radius 2 is 1.67 bits per heavy atom. The molecule has 0 saturated heterocycles. The van der Waals surface area contributed by atoms with Gasteiger partial charge in [-0.2, -0.15) is 0 Å². The second kappa shape index (κ2) is 15.0. The van der Waals surface area contributed by atoms with E-state index in [1.165, 1.54) is 47.4 Å². The molecule has 5 rings (SSSR count). The van der Waals surface area contributed by atoms with E-state index in [9.17, 15) is 18.8 Å². The van der Waals surface area contributed by atoms with E-state index in [0.717, 1.165) is 21.9 Å². The lowest BCUT2D eigenvalue weighted by atomic mass is 10.1. The molecule has 45 heavy (non-hydrogen) atoms. The van der Waals surface area contributed by atoms with E-state index >= 15 is 0 Å². The molecule has 0 aliphatic carbocycles. The average molecular weight is 639 g/mol. The summed E-state index contributed by atoms with van der Waals surface area (Å²) in [6.45, 7) is 0. The summed E-state index contributed by atoms with van der Waals surface area (Å²) in [4.78, 5) is 44.0. The van der Waals surface area contributed by atoms with Gasteiger partial charge < -0.3 is 20.7 Å². The molecule has 0 fully saturated rings. The highest BCUT2D eigenvalue weighted by molar-refractivity contribution is 8.00. The van der Waals surface area contributed by atoms with Crippen LogP contribution in [0.15, 0.2) is 119 Å². The summed E-state index contributed by atoms with van der Waals surface area (Å²) in [6, 6.07) is 28.8. The minimum Gasteiger partial charge on any atom is -0.497 e.